The molecule has 1 unspecified atom stereocenters. The lowest BCUT2D eigenvalue weighted by Gasteiger charge is -2.37. The number of nitrogens with one attached hydrogen (secondary N) is 1. The molecule has 1 heterocycles. The van der Waals surface area contributed by atoms with E-state index in [1.165, 1.54) is 13.5 Å². The van der Waals surface area contributed by atoms with Crippen LogP contribution in [0.4, 0.5) is 4.79 Å². The second-order valence-electron chi connectivity index (χ2n) is 12.0. The number of allylic oxidation sites excluding steroid dienone is 1. The van der Waals surface area contributed by atoms with Gasteiger partial charge >= 0.3 is 12.0 Å². The summed E-state index contributed by atoms with van der Waals surface area (Å²) in [6, 6.07) is 16.0. The highest BCUT2D eigenvalue weighted by Crippen LogP contribution is 2.36. The van der Waals surface area contributed by atoms with Crippen molar-refractivity contribution < 1.29 is 23.5 Å². The Morgan fingerprint density at radius 3 is 2.50 bits per heavy atom. The summed E-state index contributed by atoms with van der Waals surface area (Å²) in [5.74, 6) is 0.181. The molecule has 1 N–H and O–H groups in total. The molecule has 1 aliphatic carbocycles. The Labute approximate surface area is 252 Å². The fourth-order valence-corrected chi connectivity index (χ4v) is 6.81. The van der Waals surface area contributed by atoms with E-state index in [-0.39, 0.29) is 34.5 Å². The Morgan fingerprint density at radius 2 is 1.79 bits per heavy atom. The zero-order valence-electron chi connectivity index (χ0n) is 25.6. The van der Waals surface area contributed by atoms with Gasteiger partial charge in [0.15, 0.2) is 0 Å². The Bertz CT molecular complexity index is 1220. The minimum atomic E-state index is -0.475. The van der Waals surface area contributed by atoms with Gasteiger partial charge in [0, 0.05) is 6.42 Å². The van der Waals surface area contributed by atoms with Gasteiger partial charge in [0.2, 0.25) is 0 Å². The molecule has 2 aromatic carbocycles. The smallest absolute Gasteiger partial charge is 0.423 e. The average Bonchev–Trinajstić information content (AvgIpc) is 3.38. The van der Waals surface area contributed by atoms with Crippen LogP contribution in [0.3, 0.4) is 0 Å². The Kier molecular flexibility index (Phi) is 11.7. The molecule has 2 aliphatic rings. The normalized spacial score (nSPS) is 23.3. The van der Waals surface area contributed by atoms with Crippen LogP contribution in [0, 0.1) is 5.92 Å². The van der Waals surface area contributed by atoms with Crippen LogP contribution in [0.1, 0.15) is 75.8 Å². The van der Waals surface area contributed by atoms with Crippen molar-refractivity contribution in [3.8, 4) is 11.1 Å². The molecule has 1 saturated carbocycles. The molecule has 4 rings (SSSR count). The summed E-state index contributed by atoms with van der Waals surface area (Å²) in [5.41, 5.74) is 4.37. The summed E-state index contributed by atoms with van der Waals surface area (Å²) >= 11 is 0. The van der Waals surface area contributed by atoms with E-state index in [1.54, 1.807) is 0 Å². The van der Waals surface area contributed by atoms with Crippen LogP contribution in [0.2, 0.25) is 0 Å². The number of imide groups is 1. The van der Waals surface area contributed by atoms with Crippen molar-refractivity contribution in [2.75, 3.05) is 20.2 Å². The lowest BCUT2D eigenvalue weighted by atomic mass is 9.82. The fourth-order valence-electron chi connectivity index (χ4n) is 6.81. The van der Waals surface area contributed by atoms with Crippen LogP contribution in [0.5, 0.6) is 0 Å². The van der Waals surface area contributed by atoms with Gasteiger partial charge < -0.3 is 14.8 Å². The second kappa shape index (κ2) is 15.4. The van der Waals surface area contributed by atoms with E-state index in [0.717, 1.165) is 73.7 Å². The molecule has 0 spiro atoms. The van der Waals surface area contributed by atoms with Crippen molar-refractivity contribution >= 4 is 18.1 Å². The minimum Gasteiger partial charge on any atom is -0.423 e. The molecule has 0 bridgehead atoms. The number of unbranched alkanes of at least 4 members (excludes halogenated alkanes) is 2. The summed E-state index contributed by atoms with van der Waals surface area (Å²) in [6.07, 6.45) is 12.2. The van der Waals surface area contributed by atoms with Crippen LogP contribution in [-0.2, 0) is 20.9 Å². The molecular weight excluding hydrogens is 524 g/mol. The van der Waals surface area contributed by atoms with E-state index in [2.05, 4.69) is 48.8 Å². The monoisotopic (exact) mass is 573 g/mol. The topological polar surface area (TPSA) is 64.6 Å². The molecule has 4 atom stereocenters. The van der Waals surface area contributed by atoms with Crippen LogP contribution >= 0.6 is 0 Å². The van der Waals surface area contributed by atoms with E-state index in [0.29, 0.717) is 19.6 Å². The number of benzene rings is 2. The Morgan fingerprint density at radius 1 is 1.05 bits per heavy atom. The van der Waals surface area contributed by atoms with Gasteiger partial charge in [0.05, 0.1) is 13.7 Å². The largest absolute Gasteiger partial charge is 0.523 e. The third-order valence-corrected chi connectivity index (χ3v) is 9.20. The molecule has 6 heteroatoms. The number of carbonyl (C=O) groups excluding carboxylic acids is 2. The maximum Gasteiger partial charge on any atom is 0.523 e. The molecule has 2 aromatic rings. The predicted octanol–water partition coefficient (Wildman–Crippen LogP) is 7.68. The number of ether oxygens (including phenoxy) is 2. The van der Waals surface area contributed by atoms with Crippen molar-refractivity contribution in [3.63, 3.8) is 0 Å². The molecule has 42 heavy (non-hydrogen) atoms. The van der Waals surface area contributed by atoms with Crippen LogP contribution in [0.25, 0.3) is 17.2 Å². The van der Waals surface area contributed by atoms with Crippen molar-refractivity contribution in [2.45, 2.75) is 89.5 Å². The zero-order chi connectivity index (χ0) is 30.0. The standard InChI is InChI=1S/C36H49N2O4/c1-5-7-8-12-21-37-34(30-17-10-9-11-18-30)35(39)38(36(40)41-4)25-33(22-27(38)3)42-26-29-16-14-20-32(24-29)31-19-13-15-28(6-2)23-31/h5-6,13-16,19-20,23-24,27,30,33-34,37H,1-2,7-12,17-18,21-22,25-26H2,3-4H3/q+1/t27-,33-,34+,38?/m1/s1. The number of amides is 2. The minimum absolute atomic E-state index is 0.0554. The summed E-state index contributed by atoms with van der Waals surface area (Å²) in [7, 11) is 1.39. The highest BCUT2D eigenvalue weighted by atomic mass is 16.6. The fraction of sp³-hybridized carbons (Fsp3) is 0.500. The van der Waals surface area contributed by atoms with E-state index in [4.69, 9.17) is 9.47 Å². The first kappa shape index (κ1) is 31.9. The SMILES string of the molecule is C=CCCCCN[C@H](C(=O)[N+]1(C(=O)OC)C[C@H](OCc2cccc(-c3cccc(C=C)c3)c2)C[C@H]1C)C1CCCCC1. The number of quaternary nitrogens is 1. The van der Waals surface area contributed by atoms with E-state index < -0.39 is 6.09 Å². The van der Waals surface area contributed by atoms with Gasteiger partial charge in [-0.3, -0.25) is 0 Å². The number of rotatable bonds is 13. The van der Waals surface area contributed by atoms with Gasteiger partial charge in [0.1, 0.15) is 24.7 Å². The van der Waals surface area contributed by atoms with Crippen LogP contribution < -0.4 is 5.32 Å². The molecule has 1 saturated heterocycles. The summed E-state index contributed by atoms with van der Waals surface area (Å²) in [4.78, 5) is 28.0. The first-order valence-corrected chi connectivity index (χ1v) is 15.7. The summed E-state index contributed by atoms with van der Waals surface area (Å²) < 4.78 is 11.4. The van der Waals surface area contributed by atoms with Gasteiger partial charge in [-0.2, -0.15) is 9.28 Å². The van der Waals surface area contributed by atoms with Crippen LogP contribution in [0.15, 0.2) is 67.8 Å². The number of carbonyl (C=O) groups is 2. The average molecular weight is 574 g/mol. The van der Waals surface area contributed by atoms with Crippen molar-refractivity contribution in [1.29, 1.82) is 0 Å². The van der Waals surface area contributed by atoms with E-state index in [1.807, 2.05) is 37.3 Å². The Hall–Kier alpha value is -3.06. The number of methoxy groups -OCH3 is 1. The Balaban J connectivity index is 1.49. The van der Waals surface area contributed by atoms with Gasteiger partial charge in [-0.15, -0.1) is 6.58 Å². The van der Waals surface area contributed by atoms with Crippen molar-refractivity contribution in [2.24, 2.45) is 5.92 Å². The quantitative estimate of drug-likeness (QED) is 0.151. The summed E-state index contributed by atoms with van der Waals surface area (Å²) in [6.45, 7) is 11.2. The molecule has 1 aliphatic heterocycles. The predicted molar refractivity (Wildman–Crippen MR) is 170 cm³/mol. The van der Waals surface area contributed by atoms with Gasteiger partial charge in [-0.25, -0.2) is 4.79 Å². The first-order chi connectivity index (χ1) is 20.4. The van der Waals surface area contributed by atoms with E-state index in [9.17, 15) is 9.59 Å². The molecule has 6 nitrogen and oxygen atoms in total. The van der Waals surface area contributed by atoms with Crippen LogP contribution in [-0.4, -0.2) is 54.9 Å². The lowest BCUT2D eigenvalue weighted by molar-refractivity contribution is -0.795. The van der Waals surface area contributed by atoms with Gasteiger partial charge in [0.25, 0.3) is 0 Å². The van der Waals surface area contributed by atoms with Gasteiger partial charge in [-0.05, 0) is 85.9 Å². The molecular formula is C36H49N2O4+. The molecule has 0 aromatic heterocycles. The lowest BCUT2D eigenvalue weighted by Crippen LogP contribution is -2.66. The maximum atomic E-state index is 14.5. The highest BCUT2D eigenvalue weighted by Gasteiger charge is 2.60. The highest BCUT2D eigenvalue weighted by molar-refractivity contribution is 5.85. The first-order valence-electron chi connectivity index (χ1n) is 15.7. The zero-order valence-corrected chi connectivity index (χ0v) is 25.6. The molecule has 2 fully saturated rings. The van der Waals surface area contributed by atoms with E-state index >= 15 is 0 Å². The summed E-state index contributed by atoms with van der Waals surface area (Å²) in [5, 5.41) is 3.60. The molecule has 226 valence electrons. The van der Waals surface area contributed by atoms with Crippen molar-refractivity contribution in [1.82, 2.24) is 5.32 Å². The molecule has 0 radical (unpaired) electrons. The van der Waals surface area contributed by atoms with Crippen molar-refractivity contribution in [3.05, 3.63) is 78.9 Å². The maximum absolute atomic E-state index is 14.5. The van der Waals surface area contributed by atoms with Gasteiger partial charge in [-0.1, -0.05) is 74.4 Å². The number of hydrogen-bond donors (Lipinski definition) is 1. The number of likely N-dealkylation sites (tertiary alicyclic amines) is 1. The second-order valence-corrected chi connectivity index (χ2v) is 12.0. The number of nitrogens with zero attached hydrogens (tertiary/aromatic N) is 1. The number of hydrogen-bond acceptors (Lipinski definition) is 5. The third kappa shape index (κ3) is 7.47. The molecule has 2 amide bonds. The third-order valence-electron chi connectivity index (χ3n) is 9.20.